The maximum atomic E-state index is 13.2. The van der Waals surface area contributed by atoms with Crippen LogP contribution in [0.4, 0.5) is 0 Å². The molecular weight excluding hydrogens is 358 g/mol. The van der Waals surface area contributed by atoms with Crippen molar-refractivity contribution in [1.82, 2.24) is 4.31 Å². The summed E-state index contributed by atoms with van der Waals surface area (Å²) in [5.41, 5.74) is 0.782. The Bertz CT molecular complexity index is 702. The van der Waals surface area contributed by atoms with Gasteiger partial charge in [0.1, 0.15) is 12.4 Å². The highest BCUT2D eigenvalue weighted by molar-refractivity contribution is 7.89. The Morgan fingerprint density at radius 2 is 1.96 bits per heavy atom. The summed E-state index contributed by atoms with van der Waals surface area (Å²) >= 11 is 0. The maximum Gasteiger partial charge on any atom is 0.243 e. The minimum Gasteiger partial charge on any atom is -0.491 e. The average Bonchev–Trinajstić information content (AvgIpc) is 3.18. The minimum absolute atomic E-state index is 0.269. The largest absolute Gasteiger partial charge is 0.491 e. The number of sulfonamides is 1. The van der Waals surface area contributed by atoms with Crippen LogP contribution in [0.15, 0.2) is 23.1 Å². The molecule has 2 heterocycles. The molecule has 8 heteroatoms. The van der Waals surface area contributed by atoms with Gasteiger partial charge in [0, 0.05) is 13.7 Å². The summed E-state index contributed by atoms with van der Waals surface area (Å²) in [6.45, 7) is 4.27. The topological polar surface area (TPSA) is 74.3 Å². The highest BCUT2D eigenvalue weighted by atomic mass is 32.2. The van der Waals surface area contributed by atoms with E-state index in [0.29, 0.717) is 38.7 Å². The molecule has 0 aromatic heterocycles. The SMILES string of the molecule is COCCOc1ccc(S(=O)(=O)N2CCCCC2C2OCCO2)cc1C. The second-order valence-electron chi connectivity index (χ2n) is 6.56. The molecule has 146 valence electrons. The van der Waals surface area contributed by atoms with Gasteiger partial charge in [-0.25, -0.2) is 8.42 Å². The van der Waals surface area contributed by atoms with Gasteiger partial charge in [0.15, 0.2) is 6.29 Å². The van der Waals surface area contributed by atoms with Crippen LogP contribution in [0.1, 0.15) is 24.8 Å². The van der Waals surface area contributed by atoms with Crippen molar-refractivity contribution < 1.29 is 27.4 Å². The van der Waals surface area contributed by atoms with Gasteiger partial charge in [-0.15, -0.1) is 0 Å². The number of ether oxygens (including phenoxy) is 4. The van der Waals surface area contributed by atoms with Crippen LogP contribution in [0.5, 0.6) is 5.75 Å². The quantitative estimate of drug-likeness (QED) is 0.668. The molecule has 0 bridgehead atoms. The first-order valence-electron chi connectivity index (χ1n) is 9.01. The number of rotatable bonds is 7. The first-order valence-corrected chi connectivity index (χ1v) is 10.5. The van der Waals surface area contributed by atoms with E-state index < -0.39 is 16.3 Å². The maximum absolute atomic E-state index is 13.2. The molecule has 2 aliphatic heterocycles. The van der Waals surface area contributed by atoms with Crippen molar-refractivity contribution in [1.29, 1.82) is 0 Å². The number of hydrogen-bond acceptors (Lipinski definition) is 6. The Morgan fingerprint density at radius 1 is 1.19 bits per heavy atom. The fourth-order valence-corrected chi connectivity index (χ4v) is 5.18. The van der Waals surface area contributed by atoms with Crippen LogP contribution in [0.3, 0.4) is 0 Å². The monoisotopic (exact) mass is 385 g/mol. The van der Waals surface area contributed by atoms with Gasteiger partial charge in [-0.3, -0.25) is 0 Å². The molecule has 0 saturated carbocycles. The third-order valence-corrected chi connectivity index (χ3v) is 6.68. The van der Waals surface area contributed by atoms with Gasteiger partial charge in [0.2, 0.25) is 10.0 Å². The molecule has 3 rings (SSSR count). The number of piperidine rings is 1. The predicted octanol–water partition coefficient (Wildman–Crippen LogP) is 1.94. The van der Waals surface area contributed by atoms with Crippen molar-refractivity contribution in [2.24, 2.45) is 0 Å². The van der Waals surface area contributed by atoms with Gasteiger partial charge in [-0.2, -0.15) is 4.31 Å². The van der Waals surface area contributed by atoms with Gasteiger partial charge < -0.3 is 18.9 Å². The van der Waals surface area contributed by atoms with Crippen LogP contribution in [-0.4, -0.2) is 65.1 Å². The lowest BCUT2D eigenvalue weighted by Crippen LogP contribution is -2.50. The highest BCUT2D eigenvalue weighted by Gasteiger charge is 2.40. The van der Waals surface area contributed by atoms with E-state index in [1.807, 2.05) is 6.92 Å². The Labute approximate surface area is 155 Å². The van der Waals surface area contributed by atoms with Crippen LogP contribution in [0, 0.1) is 6.92 Å². The van der Waals surface area contributed by atoms with Crippen molar-refractivity contribution >= 4 is 10.0 Å². The third-order valence-electron chi connectivity index (χ3n) is 4.76. The lowest BCUT2D eigenvalue weighted by molar-refractivity contribution is -0.0913. The summed E-state index contributed by atoms with van der Waals surface area (Å²) in [6, 6.07) is 4.71. The number of hydrogen-bond donors (Lipinski definition) is 0. The first kappa shape index (κ1) is 19.6. The van der Waals surface area contributed by atoms with E-state index in [2.05, 4.69) is 0 Å². The highest BCUT2D eigenvalue weighted by Crippen LogP contribution is 2.31. The fraction of sp³-hybridized carbons (Fsp3) is 0.667. The summed E-state index contributed by atoms with van der Waals surface area (Å²) in [6.07, 6.45) is 2.11. The lowest BCUT2D eigenvalue weighted by Gasteiger charge is -2.36. The zero-order chi connectivity index (χ0) is 18.6. The molecule has 1 atom stereocenters. The molecule has 2 fully saturated rings. The van der Waals surface area contributed by atoms with E-state index in [4.69, 9.17) is 18.9 Å². The fourth-order valence-electron chi connectivity index (χ4n) is 3.41. The predicted molar refractivity (Wildman–Crippen MR) is 95.8 cm³/mol. The van der Waals surface area contributed by atoms with E-state index in [1.165, 1.54) is 0 Å². The van der Waals surface area contributed by atoms with Gasteiger partial charge in [-0.1, -0.05) is 6.42 Å². The number of aryl methyl sites for hydroxylation is 1. The van der Waals surface area contributed by atoms with Crippen LogP contribution in [0.2, 0.25) is 0 Å². The van der Waals surface area contributed by atoms with Crippen molar-refractivity contribution in [2.45, 2.75) is 43.4 Å². The molecule has 1 unspecified atom stereocenters. The van der Waals surface area contributed by atoms with Crippen LogP contribution >= 0.6 is 0 Å². The van der Waals surface area contributed by atoms with Crippen molar-refractivity contribution in [3.8, 4) is 5.75 Å². The lowest BCUT2D eigenvalue weighted by atomic mass is 10.0. The van der Waals surface area contributed by atoms with Gasteiger partial charge in [0.05, 0.1) is 30.8 Å². The standard InChI is InChI=1S/C18H27NO6S/c1-14-13-15(6-7-17(14)23-10-9-22-2)26(20,21)19-8-4-3-5-16(19)18-24-11-12-25-18/h6-7,13,16,18H,3-5,8-12H2,1-2H3. The summed E-state index contributed by atoms with van der Waals surface area (Å²) in [5, 5.41) is 0. The number of methoxy groups -OCH3 is 1. The molecule has 0 radical (unpaired) electrons. The number of benzene rings is 1. The van der Waals surface area contributed by atoms with E-state index >= 15 is 0 Å². The van der Waals surface area contributed by atoms with Crippen molar-refractivity contribution in [2.75, 3.05) is 40.1 Å². The van der Waals surface area contributed by atoms with Crippen LogP contribution < -0.4 is 4.74 Å². The normalized spacial score (nSPS) is 22.6. The van der Waals surface area contributed by atoms with Crippen LogP contribution in [-0.2, 0) is 24.2 Å². The molecule has 1 aromatic rings. The average molecular weight is 385 g/mol. The summed E-state index contributed by atoms with van der Waals surface area (Å²) < 4.78 is 49.8. The van der Waals surface area contributed by atoms with Gasteiger partial charge in [0.25, 0.3) is 0 Å². The van der Waals surface area contributed by atoms with Crippen LogP contribution in [0.25, 0.3) is 0 Å². The Balaban J connectivity index is 1.80. The first-order chi connectivity index (χ1) is 12.5. The van der Waals surface area contributed by atoms with Gasteiger partial charge >= 0.3 is 0 Å². The molecular formula is C18H27NO6S. The second-order valence-corrected chi connectivity index (χ2v) is 8.45. The number of nitrogens with zero attached hydrogens (tertiary/aromatic N) is 1. The smallest absolute Gasteiger partial charge is 0.243 e. The van der Waals surface area contributed by atoms with E-state index in [-0.39, 0.29) is 10.9 Å². The Morgan fingerprint density at radius 3 is 2.65 bits per heavy atom. The minimum atomic E-state index is -3.62. The molecule has 1 aromatic carbocycles. The third kappa shape index (κ3) is 4.20. The molecule has 7 nitrogen and oxygen atoms in total. The van der Waals surface area contributed by atoms with Crippen molar-refractivity contribution in [3.05, 3.63) is 23.8 Å². The Hall–Kier alpha value is -1.19. The summed E-state index contributed by atoms with van der Waals surface area (Å²) in [4.78, 5) is 0.277. The van der Waals surface area contributed by atoms with Crippen molar-refractivity contribution in [3.63, 3.8) is 0 Å². The molecule has 2 aliphatic rings. The second kappa shape index (κ2) is 8.67. The summed E-state index contributed by atoms with van der Waals surface area (Å²) in [7, 11) is -2.01. The van der Waals surface area contributed by atoms with Gasteiger partial charge in [-0.05, 0) is 43.5 Å². The Kier molecular flexibility index (Phi) is 6.52. The molecule has 0 aliphatic carbocycles. The molecule has 26 heavy (non-hydrogen) atoms. The van der Waals surface area contributed by atoms with E-state index in [1.54, 1.807) is 29.6 Å². The molecule has 2 saturated heterocycles. The van der Waals surface area contributed by atoms with E-state index in [9.17, 15) is 8.42 Å². The molecule has 0 N–H and O–H groups in total. The van der Waals surface area contributed by atoms with E-state index in [0.717, 1.165) is 24.8 Å². The molecule has 0 amide bonds. The molecule has 0 spiro atoms. The zero-order valence-corrected chi connectivity index (χ0v) is 16.2. The zero-order valence-electron chi connectivity index (χ0n) is 15.3. The summed E-state index contributed by atoms with van der Waals surface area (Å²) in [5.74, 6) is 0.665.